The van der Waals surface area contributed by atoms with E-state index in [9.17, 15) is 5.11 Å². The van der Waals surface area contributed by atoms with Crippen molar-refractivity contribution >= 4 is 17.0 Å². The summed E-state index contributed by atoms with van der Waals surface area (Å²) in [6.45, 7) is 0. The summed E-state index contributed by atoms with van der Waals surface area (Å²) in [4.78, 5) is 3.10. The average Bonchev–Trinajstić information content (AvgIpc) is 2.59. The Labute approximate surface area is 81.6 Å². The third-order valence-corrected chi connectivity index (χ3v) is 2.03. The van der Waals surface area contributed by atoms with E-state index in [-0.39, 0.29) is 5.95 Å². The molecule has 3 heteroatoms. The van der Waals surface area contributed by atoms with Gasteiger partial charge in [-0.15, -0.1) is 0 Å². The zero-order valence-corrected chi connectivity index (χ0v) is 7.78. The van der Waals surface area contributed by atoms with Crippen molar-refractivity contribution in [2.45, 2.75) is 0 Å². The van der Waals surface area contributed by atoms with Gasteiger partial charge in [-0.3, -0.25) is 0 Å². The molecule has 2 rings (SSSR count). The minimum absolute atomic E-state index is 0.350. The van der Waals surface area contributed by atoms with E-state index in [0.29, 0.717) is 0 Å². The van der Waals surface area contributed by atoms with Gasteiger partial charge in [-0.05, 0) is 30.7 Å². The Bertz CT molecular complexity index is 438. The van der Waals surface area contributed by atoms with Crippen LogP contribution in [-0.4, -0.2) is 12.1 Å². The number of benzene rings is 1. The smallest absolute Gasteiger partial charge is 0.0530 e. The zero-order valence-electron chi connectivity index (χ0n) is 7.78. The normalized spacial score (nSPS) is 11.9. The summed E-state index contributed by atoms with van der Waals surface area (Å²) < 4.78 is 4.54. The fourth-order valence-electron chi connectivity index (χ4n) is 1.36. The molecule has 0 aliphatic heterocycles. The predicted molar refractivity (Wildman–Crippen MR) is 53.3 cm³/mol. The number of fused-ring (bicyclic) bond motifs is 1. The molecule has 1 heterocycles. The third kappa shape index (κ3) is 1.57. The molecule has 0 saturated heterocycles. The second kappa shape index (κ2) is 3.46. The van der Waals surface area contributed by atoms with Gasteiger partial charge in [0, 0.05) is 11.2 Å². The van der Waals surface area contributed by atoms with Gasteiger partial charge >= 0.3 is 0 Å². The van der Waals surface area contributed by atoms with Gasteiger partial charge in [0.05, 0.1) is 5.95 Å². The first-order valence-corrected chi connectivity index (χ1v) is 4.30. The maximum atomic E-state index is 11.0. The van der Waals surface area contributed by atoms with Crippen LogP contribution in [0.2, 0.25) is 0 Å². The lowest BCUT2D eigenvalue weighted by atomic mass is 10.2. The van der Waals surface area contributed by atoms with E-state index in [1.165, 1.54) is 13.2 Å². The summed E-state index contributed by atoms with van der Waals surface area (Å²) >= 11 is 0. The molecular weight excluding hydrogens is 178 g/mol. The highest BCUT2D eigenvalue weighted by Gasteiger charge is 1.96. The van der Waals surface area contributed by atoms with Crippen LogP contribution in [0.15, 0.2) is 36.3 Å². The highest BCUT2D eigenvalue weighted by atomic mass is 16.6. The number of para-hydroxylation sites is 1. The molecule has 1 aromatic carbocycles. The standard InChI is InChI=1S/C11H11NO2/c1-14-11(13)7-9-6-8-4-2-3-5-10(8)12-9/h2-7,12-13H,1H3/p-1/b11-7+. The summed E-state index contributed by atoms with van der Waals surface area (Å²) in [5, 5.41) is 12.0. The lowest BCUT2D eigenvalue weighted by Gasteiger charge is -2.06. The van der Waals surface area contributed by atoms with Gasteiger partial charge in [-0.25, -0.2) is 0 Å². The number of H-pyrrole nitrogens is 1. The first-order chi connectivity index (χ1) is 6.79. The van der Waals surface area contributed by atoms with Crippen LogP contribution < -0.4 is 5.11 Å². The Morgan fingerprint density at radius 1 is 1.43 bits per heavy atom. The van der Waals surface area contributed by atoms with Crippen LogP contribution in [0.3, 0.4) is 0 Å². The van der Waals surface area contributed by atoms with E-state index in [0.717, 1.165) is 16.6 Å². The number of nitrogens with one attached hydrogen (secondary N) is 1. The van der Waals surface area contributed by atoms with E-state index in [1.54, 1.807) is 0 Å². The maximum Gasteiger partial charge on any atom is 0.0530 e. The molecule has 0 unspecified atom stereocenters. The van der Waals surface area contributed by atoms with Crippen LogP contribution in [0.4, 0.5) is 0 Å². The van der Waals surface area contributed by atoms with Crippen molar-refractivity contribution in [2.75, 3.05) is 7.11 Å². The zero-order chi connectivity index (χ0) is 9.97. The van der Waals surface area contributed by atoms with E-state index in [1.807, 2.05) is 30.3 Å². The summed E-state index contributed by atoms with van der Waals surface area (Å²) in [6, 6.07) is 9.76. The number of aromatic nitrogens is 1. The number of methoxy groups -OCH3 is 1. The molecule has 0 atom stereocenters. The van der Waals surface area contributed by atoms with E-state index in [4.69, 9.17) is 0 Å². The second-order valence-electron chi connectivity index (χ2n) is 2.98. The average molecular weight is 188 g/mol. The molecule has 2 aromatic rings. The van der Waals surface area contributed by atoms with E-state index >= 15 is 0 Å². The highest BCUT2D eigenvalue weighted by Crippen LogP contribution is 2.15. The minimum Gasteiger partial charge on any atom is -0.616 e. The van der Waals surface area contributed by atoms with E-state index in [2.05, 4.69) is 9.72 Å². The molecule has 0 saturated carbocycles. The molecule has 0 aliphatic rings. The Morgan fingerprint density at radius 2 is 2.21 bits per heavy atom. The molecule has 1 aromatic heterocycles. The van der Waals surface area contributed by atoms with Crippen LogP contribution in [0.5, 0.6) is 0 Å². The summed E-state index contributed by atoms with van der Waals surface area (Å²) in [7, 11) is 1.36. The van der Waals surface area contributed by atoms with Crippen LogP contribution in [0.1, 0.15) is 5.69 Å². The Kier molecular flexibility index (Phi) is 2.14. The van der Waals surface area contributed by atoms with Gasteiger partial charge in [0.2, 0.25) is 0 Å². The second-order valence-corrected chi connectivity index (χ2v) is 2.98. The van der Waals surface area contributed by atoms with Gasteiger partial charge < -0.3 is 14.8 Å². The quantitative estimate of drug-likeness (QED) is 0.725. The fourth-order valence-corrected chi connectivity index (χ4v) is 1.36. The van der Waals surface area contributed by atoms with Crippen molar-refractivity contribution in [3.05, 3.63) is 42.0 Å². The van der Waals surface area contributed by atoms with Crippen molar-refractivity contribution in [3.8, 4) is 0 Å². The molecule has 72 valence electrons. The molecule has 0 aliphatic carbocycles. The molecule has 0 spiro atoms. The minimum atomic E-state index is -0.350. The highest BCUT2D eigenvalue weighted by molar-refractivity contribution is 5.82. The maximum absolute atomic E-state index is 11.0. The molecule has 0 fully saturated rings. The fraction of sp³-hybridized carbons (Fsp3) is 0.0909. The summed E-state index contributed by atoms with van der Waals surface area (Å²) in [6.07, 6.45) is 1.43. The lowest BCUT2D eigenvalue weighted by molar-refractivity contribution is -0.350. The predicted octanol–water partition coefficient (Wildman–Crippen LogP) is 1.47. The van der Waals surface area contributed by atoms with Crippen LogP contribution >= 0.6 is 0 Å². The lowest BCUT2D eigenvalue weighted by Crippen LogP contribution is -2.04. The van der Waals surface area contributed by atoms with Crippen LogP contribution in [-0.2, 0) is 4.74 Å². The molecule has 0 amide bonds. The van der Waals surface area contributed by atoms with Crippen LogP contribution in [0.25, 0.3) is 17.0 Å². The Morgan fingerprint density at radius 3 is 2.93 bits per heavy atom. The monoisotopic (exact) mass is 188 g/mol. The molecule has 1 N–H and O–H groups in total. The number of aromatic amines is 1. The first-order valence-electron chi connectivity index (χ1n) is 4.30. The SMILES string of the molecule is CO/C([O-])=C/c1cc2ccccc2[nH]1. The molecule has 3 nitrogen and oxygen atoms in total. The van der Waals surface area contributed by atoms with E-state index < -0.39 is 0 Å². The van der Waals surface area contributed by atoms with Gasteiger partial charge in [-0.2, -0.15) is 0 Å². The number of hydrogen-bond donors (Lipinski definition) is 1. The van der Waals surface area contributed by atoms with Gasteiger partial charge in [0.1, 0.15) is 0 Å². The number of ether oxygens (including phenoxy) is 1. The first kappa shape index (κ1) is 8.69. The third-order valence-electron chi connectivity index (χ3n) is 2.03. The van der Waals surface area contributed by atoms with Gasteiger partial charge in [0.15, 0.2) is 0 Å². The van der Waals surface area contributed by atoms with Crippen molar-refractivity contribution < 1.29 is 9.84 Å². The van der Waals surface area contributed by atoms with Gasteiger partial charge in [-0.1, -0.05) is 18.2 Å². The number of rotatable bonds is 2. The molecule has 14 heavy (non-hydrogen) atoms. The Balaban J connectivity index is 2.45. The Hall–Kier alpha value is -1.90. The topological polar surface area (TPSA) is 48.1 Å². The van der Waals surface area contributed by atoms with Gasteiger partial charge in [0.25, 0.3) is 0 Å². The largest absolute Gasteiger partial charge is 0.616 e. The van der Waals surface area contributed by atoms with Crippen molar-refractivity contribution in [3.63, 3.8) is 0 Å². The summed E-state index contributed by atoms with van der Waals surface area (Å²) in [5.74, 6) is -0.350. The van der Waals surface area contributed by atoms with Crippen molar-refractivity contribution in [1.82, 2.24) is 4.98 Å². The number of hydrogen-bond acceptors (Lipinski definition) is 2. The van der Waals surface area contributed by atoms with Crippen LogP contribution in [0, 0.1) is 0 Å². The molecule has 0 bridgehead atoms. The summed E-state index contributed by atoms with van der Waals surface area (Å²) in [5.41, 5.74) is 1.78. The molecular formula is C11H10NO2-. The van der Waals surface area contributed by atoms with Crippen molar-refractivity contribution in [2.24, 2.45) is 0 Å². The molecule has 0 radical (unpaired) electrons. The van der Waals surface area contributed by atoms with Crippen molar-refractivity contribution in [1.29, 1.82) is 0 Å².